The third-order valence-corrected chi connectivity index (χ3v) is 4.77. The molecule has 1 N–H and O–H groups in total. The molecule has 0 aliphatic carbocycles. The summed E-state index contributed by atoms with van der Waals surface area (Å²) < 4.78 is 12.2. The normalized spacial score (nSPS) is 10.9. The molecule has 4 aromatic rings. The fourth-order valence-corrected chi connectivity index (χ4v) is 3.24. The Kier molecular flexibility index (Phi) is 5.48. The lowest BCUT2D eigenvalue weighted by atomic mass is 10.2. The molecule has 30 heavy (non-hydrogen) atoms. The second-order valence-corrected chi connectivity index (χ2v) is 7.29. The molecule has 152 valence electrons. The molecule has 2 heterocycles. The van der Waals surface area contributed by atoms with Crippen molar-refractivity contribution in [1.29, 1.82) is 0 Å². The van der Waals surface area contributed by atoms with E-state index in [1.807, 2.05) is 0 Å². The topological polar surface area (TPSA) is 85.8 Å². The lowest BCUT2D eigenvalue weighted by molar-refractivity contribution is 0.102. The van der Waals surface area contributed by atoms with E-state index in [1.165, 1.54) is 6.07 Å². The van der Waals surface area contributed by atoms with Crippen molar-refractivity contribution < 1.29 is 14.1 Å². The minimum atomic E-state index is -0.389. The summed E-state index contributed by atoms with van der Waals surface area (Å²) in [5, 5.41) is 3.53. The summed E-state index contributed by atoms with van der Waals surface area (Å²) in [6.45, 7) is 1.72. The highest BCUT2D eigenvalue weighted by Crippen LogP contribution is 2.30. The van der Waals surface area contributed by atoms with Gasteiger partial charge in [-0.15, -0.1) is 4.57 Å². The maximum atomic E-state index is 12.6. The molecule has 0 aliphatic heterocycles. The number of aryl methyl sites for hydroxylation is 1. The smallest absolute Gasteiger partial charge is 0.287 e. The number of aromatic nitrogens is 2. The van der Waals surface area contributed by atoms with Crippen molar-refractivity contribution in [1.82, 2.24) is 9.56 Å². The van der Waals surface area contributed by atoms with Gasteiger partial charge in [0, 0.05) is 23.2 Å². The van der Waals surface area contributed by atoms with Crippen molar-refractivity contribution in [3.8, 4) is 5.75 Å². The zero-order valence-electron chi connectivity index (χ0n) is 15.7. The summed E-state index contributed by atoms with van der Waals surface area (Å²) in [5.74, 6) is 0.504. The fourth-order valence-electron chi connectivity index (χ4n) is 2.85. The Morgan fingerprint density at radius 1 is 1.17 bits per heavy atom. The standard InChI is InChI=1S/C21H15Cl2N3O4/c1-12-8-19-24-14(10-20(27)26(19)30-12)11-29-18-9-13(22)6-7-17(18)25-21(28)15-4-2-3-5-16(15)23/h2-10H,11H2,1H3,(H,25,28). The number of hydrogen-bond donors (Lipinski definition) is 1. The highest BCUT2D eigenvalue weighted by atomic mass is 35.5. The van der Waals surface area contributed by atoms with Crippen molar-refractivity contribution in [2.75, 3.05) is 5.32 Å². The van der Waals surface area contributed by atoms with E-state index in [1.54, 1.807) is 55.5 Å². The summed E-state index contributed by atoms with van der Waals surface area (Å²) in [7, 11) is 0. The number of nitrogens with one attached hydrogen (secondary N) is 1. The largest absolute Gasteiger partial charge is 0.485 e. The number of nitrogens with zero attached hydrogens (tertiary/aromatic N) is 2. The van der Waals surface area contributed by atoms with Gasteiger partial charge < -0.3 is 14.6 Å². The number of carbonyl (C=O) groups is 1. The van der Waals surface area contributed by atoms with Gasteiger partial charge in [-0.2, -0.15) is 0 Å². The summed E-state index contributed by atoms with van der Waals surface area (Å²) in [4.78, 5) is 29.1. The summed E-state index contributed by atoms with van der Waals surface area (Å²) in [6, 6.07) is 14.5. The minimum Gasteiger partial charge on any atom is -0.485 e. The first kappa shape index (κ1) is 20.0. The quantitative estimate of drug-likeness (QED) is 0.481. The number of amides is 1. The number of benzene rings is 2. The molecule has 2 aromatic carbocycles. The first-order valence-electron chi connectivity index (χ1n) is 8.88. The van der Waals surface area contributed by atoms with Crippen LogP contribution in [0.4, 0.5) is 5.69 Å². The van der Waals surface area contributed by atoms with E-state index in [2.05, 4.69) is 10.3 Å². The van der Waals surface area contributed by atoms with Gasteiger partial charge in [0.1, 0.15) is 18.1 Å². The van der Waals surface area contributed by atoms with Crippen LogP contribution >= 0.6 is 23.2 Å². The van der Waals surface area contributed by atoms with Crippen LogP contribution in [-0.2, 0) is 6.61 Å². The molecule has 0 fully saturated rings. The van der Waals surface area contributed by atoms with E-state index in [0.29, 0.717) is 44.1 Å². The van der Waals surface area contributed by atoms with Crippen LogP contribution in [0.5, 0.6) is 5.75 Å². The Labute approximate surface area is 180 Å². The average molecular weight is 444 g/mol. The molecule has 0 unspecified atom stereocenters. The van der Waals surface area contributed by atoms with Crippen LogP contribution in [0.1, 0.15) is 21.8 Å². The van der Waals surface area contributed by atoms with Gasteiger partial charge in [0.25, 0.3) is 11.5 Å². The Morgan fingerprint density at radius 2 is 1.97 bits per heavy atom. The predicted molar refractivity (Wildman–Crippen MR) is 114 cm³/mol. The highest BCUT2D eigenvalue weighted by molar-refractivity contribution is 6.34. The highest BCUT2D eigenvalue weighted by Gasteiger charge is 2.14. The van der Waals surface area contributed by atoms with Gasteiger partial charge in [-0.25, -0.2) is 4.98 Å². The Balaban J connectivity index is 1.57. The third-order valence-electron chi connectivity index (χ3n) is 4.21. The molecule has 0 aliphatic rings. The van der Waals surface area contributed by atoms with E-state index in [4.69, 9.17) is 32.5 Å². The fraction of sp³-hybridized carbons (Fsp3) is 0.0952. The number of anilines is 1. The molecule has 0 atom stereocenters. The van der Waals surface area contributed by atoms with Crippen molar-refractivity contribution in [2.24, 2.45) is 0 Å². The number of rotatable bonds is 5. The SMILES string of the molecule is Cc1cc2nc(COc3cc(Cl)ccc3NC(=O)c3ccccc3Cl)cc(=O)n2o1. The number of ether oxygens (including phenoxy) is 1. The predicted octanol–water partition coefficient (Wildman–Crippen LogP) is 4.73. The first-order chi connectivity index (χ1) is 14.4. The molecular weight excluding hydrogens is 429 g/mol. The minimum absolute atomic E-state index is 0.00866. The van der Waals surface area contributed by atoms with E-state index in [9.17, 15) is 9.59 Å². The zero-order valence-corrected chi connectivity index (χ0v) is 17.2. The third kappa shape index (κ3) is 4.17. The van der Waals surface area contributed by atoms with Crippen LogP contribution in [0, 0.1) is 6.92 Å². The van der Waals surface area contributed by atoms with Crippen LogP contribution in [0.15, 0.2) is 63.9 Å². The van der Waals surface area contributed by atoms with Gasteiger partial charge in [0.05, 0.1) is 22.0 Å². The molecule has 0 saturated carbocycles. The molecule has 0 bridgehead atoms. The zero-order chi connectivity index (χ0) is 21.3. The first-order valence-corrected chi connectivity index (χ1v) is 9.64. The summed E-state index contributed by atoms with van der Waals surface area (Å²) in [5.41, 5.74) is 1.17. The van der Waals surface area contributed by atoms with Crippen LogP contribution < -0.4 is 15.6 Å². The average Bonchev–Trinajstić information content (AvgIpc) is 3.09. The van der Waals surface area contributed by atoms with Crippen molar-refractivity contribution in [2.45, 2.75) is 13.5 Å². The van der Waals surface area contributed by atoms with Crippen molar-refractivity contribution >= 4 is 40.4 Å². The molecule has 0 saturated heterocycles. The number of hydrogen-bond acceptors (Lipinski definition) is 5. The molecule has 0 radical (unpaired) electrons. The molecule has 1 amide bonds. The van der Waals surface area contributed by atoms with Gasteiger partial charge in [-0.3, -0.25) is 9.59 Å². The van der Waals surface area contributed by atoms with Crippen LogP contribution in [0.3, 0.4) is 0 Å². The van der Waals surface area contributed by atoms with Gasteiger partial charge in [-0.1, -0.05) is 35.3 Å². The maximum Gasteiger partial charge on any atom is 0.287 e. The molecule has 2 aromatic heterocycles. The van der Waals surface area contributed by atoms with Gasteiger partial charge in [0.15, 0.2) is 5.65 Å². The molecule has 4 rings (SSSR count). The Hall–Kier alpha value is -3.29. The second kappa shape index (κ2) is 8.22. The summed E-state index contributed by atoms with van der Waals surface area (Å²) >= 11 is 12.2. The Morgan fingerprint density at radius 3 is 2.77 bits per heavy atom. The molecular formula is C21H15Cl2N3O4. The van der Waals surface area contributed by atoms with E-state index in [0.717, 1.165) is 4.57 Å². The number of carbonyl (C=O) groups excluding carboxylic acids is 1. The number of halogens is 2. The monoisotopic (exact) mass is 443 g/mol. The van der Waals surface area contributed by atoms with E-state index >= 15 is 0 Å². The maximum absolute atomic E-state index is 12.6. The van der Waals surface area contributed by atoms with Crippen LogP contribution in [-0.4, -0.2) is 15.5 Å². The van der Waals surface area contributed by atoms with Gasteiger partial charge >= 0.3 is 0 Å². The van der Waals surface area contributed by atoms with Gasteiger partial charge in [-0.05, 0) is 31.2 Å². The molecule has 7 nitrogen and oxygen atoms in total. The Bertz CT molecular complexity index is 1310. The lowest BCUT2D eigenvalue weighted by Gasteiger charge is -2.13. The molecule has 9 heteroatoms. The number of fused-ring (bicyclic) bond motifs is 1. The van der Waals surface area contributed by atoms with Gasteiger partial charge in [0.2, 0.25) is 0 Å². The van der Waals surface area contributed by atoms with Crippen molar-refractivity contribution in [3.63, 3.8) is 0 Å². The second-order valence-electron chi connectivity index (χ2n) is 6.45. The van der Waals surface area contributed by atoms with E-state index in [-0.39, 0.29) is 18.1 Å². The van der Waals surface area contributed by atoms with Crippen LogP contribution in [0.25, 0.3) is 5.65 Å². The van der Waals surface area contributed by atoms with E-state index < -0.39 is 0 Å². The molecule has 0 spiro atoms. The van der Waals surface area contributed by atoms with Crippen molar-refractivity contribution in [3.05, 3.63) is 92.0 Å². The lowest BCUT2D eigenvalue weighted by Crippen LogP contribution is -2.15. The summed E-state index contributed by atoms with van der Waals surface area (Å²) in [6.07, 6.45) is 0. The van der Waals surface area contributed by atoms with Crippen LogP contribution in [0.2, 0.25) is 10.0 Å².